The second-order valence-corrected chi connectivity index (χ2v) is 7.79. The van der Waals surface area contributed by atoms with Gasteiger partial charge in [0.1, 0.15) is 0 Å². The van der Waals surface area contributed by atoms with Crippen molar-refractivity contribution < 1.29 is 4.99 Å². The average Bonchev–Trinajstić information content (AvgIpc) is 3.40. The molecule has 0 saturated heterocycles. The van der Waals surface area contributed by atoms with Crippen LogP contribution in [0.1, 0.15) is 16.7 Å². The SMILES string of the molecule is C(=C1\C(c2ccccc2)=[NH+]c2ccccc21)/c1c(-c2ccccc2)[nH]c2ccccc12. The van der Waals surface area contributed by atoms with Crippen molar-refractivity contribution in [2.75, 3.05) is 0 Å². The number of aromatic nitrogens is 1. The second kappa shape index (κ2) is 7.26. The topological polar surface area (TPSA) is 29.8 Å². The monoisotopic (exact) mass is 397 g/mol. The maximum atomic E-state index is 3.66. The minimum absolute atomic E-state index is 1.14. The molecule has 1 aliphatic heterocycles. The molecule has 2 N–H and O–H groups in total. The number of nitrogens with one attached hydrogen (secondary N) is 2. The summed E-state index contributed by atoms with van der Waals surface area (Å²) in [7, 11) is 0. The summed E-state index contributed by atoms with van der Waals surface area (Å²) in [6.07, 6.45) is 2.34. The molecule has 0 aliphatic carbocycles. The summed E-state index contributed by atoms with van der Waals surface area (Å²) < 4.78 is 0. The van der Waals surface area contributed by atoms with Crippen LogP contribution in [0, 0.1) is 0 Å². The molecule has 2 heterocycles. The van der Waals surface area contributed by atoms with Crippen LogP contribution in [0.2, 0.25) is 0 Å². The zero-order valence-electron chi connectivity index (χ0n) is 17.0. The summed E-state index contributed by atoms with van der Waals surface area (Å²) in [5, 5.41) is 1.23. The molecule has 0 saturated carbocycles. The predicted octanol–water partition coefficient (Wildman–Crippen LogP) is 5.59. The summed E-state index contributed by atoms with van der Waals surface area (Å²) in [4.78, 5) is 7.32. The maximum absolute atomic E-state index is 3.66. The van der Waals surface area contributed by atoms with Gasteiger partial charge in [-0.2, -0.15) is 0 Å². The number of allylic oxidation sites excluding steroid dienone is 1. The van der Waals surface area contributed by atoms with Gasteiger partial charge in [-0.05, 0) is 35.9 Å². The number of hydrogen-bond donors (Lipinski definition) is 2. The van der Waals surface area contributed by atoms with Gasteiger partial charge in [-0.15, -0.1) is 0 Å². The van der Waals surface area contributed by atoms with Crippen molar-refractivity contribution in [1.82, 2.24) is 4.98 Å². The van der Waals surface area contributed by atoms with Gasteiger partial charge >= 0.3 is 0 Å². The minimum Gasteiger partial charge on any atom is -0.354 e. The first-order valence-corrected chi connectivity index (χ1v) is 10.6. The Hall–Kier alpha value is -4.17. The van der Waals surface area contributed by atoms with E-state index >= 15 is 0 Å². The van der Waals surface area contributed by atoms with Gasteiger partial charge in [0.15, 0.2) is 0 Å². The molecule has 0 atom stereocenters. The van der Waals surface area contributed by atoms with Crippen molar-refractivity contribution in [3.05, 3.63) is 126 Å². The van der Waals surface area contributed by atoms with E-state index < -0.39 is 0 Å². The lowest BCUT2D eigenvalue weighted by atomic mass is 9.94. The lowest BCUT2D eigenvalue weighted by Crippen LogP contribution is -2.63. The molecule has 0 unspecified atom stereocenters. The molecule has 0 bridgehead atoms. The molecule has 2 nitrogen and oxygen atoms in total. The molecular weight excluding hydrogens is 376 g/mol. The Kier molecular flexibility index (Phi) is 4.14. The summed E-state index contributed by atoms with van der Waals surface area (Å²) in [6, 6.07) is 38.2. The zero-order valence-corrected chi connectivity index (χ0v) is 17.0. The van der Waals surface area contributed by atoms with Crippen LogP contribution < -0.4 is 4.99 Å². The van der Waals surface area contributed by atoms with Gasteiger partial charge in [0.05, 0.1) is 16.8 Å². The molecule has 0 fully saturated rings. The molecule has 5 aromatic rings. The van der Waals surface area contributed by atoms with Crippen molar-refractivity contribution in [2.24, 2.45) is 0 Å². The molecule has 6 rings (SSSR count). The highest BCUT2D eigenvalue weighted by Crippen LogP contribution is 2.36. The van der Waals surface area contributed by atoms with Crippen molar-refractivity contribution in [3.63, 3.8) is 0 Å². The van der Waals surface area contributed by atoms with E-state index in [0.29, 0.717) is 0 Å². The summed E-state index contributed by atoms with van der Waals surface area (Å²) in [5.74, 6) is 0. The Labute approximate surface area is 181 Å². The Morgan fingerprint density at radius 3 is 2.06 bits per heavy atom. The lowest BCUT2D eigenvalue weighted by Gasteiger charge is -2.04. The average molecular weight is 398 g/mol. The number of benzene rings is 4. The van der Waals surface area contributed by atoms with E-state index in [0.717, 1.165) is 22.6 Å². The fourth-order valence-electron chi connectivity index (χ4n) is 4.44. The molecule has 31 heavy (non-hydrogen) atoms. The standard InChI is InChI=1S/C29H20N2/c1-3-11-20(12-4-1)28-24(22-15-7-9-17-26(22)30-28)19-25-23-16-8-10-18-27(23)31-29(25)21-13-5-2-6-14-21/h1-19,30H/p+1/b25-19+. The first-order valence-electron chi connectivity index (χ1n) is 10.6. The fraction of sp³-hybridized carbons (Fsp3) is 0. The van der Waals surface area contributed by atoms with Crippen LogP contribution in [-0.4, -0.2) is 10.7 Å². The highest BCUT2D eigenvalue weighted by atomic mass is 14.8. The first-order chi connectivity index (χ1) is 15.4. The highest BCUT2D eigenvalue weighted by molar-refractivity contribution is 6.35. The van der Waals surface area contributed by atoms with Gasteiger partial charge in [-0.25, -0.2) is 4.99 Å². The molecular formula is C29H21N2+. The van der Waals surface area contributed by atoms with Gasteiger partial charge in [0.25, 0.3) is 0 Å². The Bertz CT molecular complexity index is 1450. The summed E-state index contributed by atoms with van der Waals surface area (Å²) in [6.45, 7) is 0. The summed E-state index contributed by atoms with van der Waals surface area (Å²) in [5.41, 5.74) is 10.6. The van der Waals surface area contributed by atoms with Crippen LogP contribution in [0.5, 0.6) is 0 Å². The maximum Gasteiger partial charge on any atom is 0.219 e. The molecule has 0 radical (unpaired) electrons. The smallest absolute Gasteiger partial charge is 0.219 e. The number of H-pyrrole nitrogens is 1. The fourth-order valence-corrected chi connectivity index (χ4v) is 4.44. The Morgan fingerprint density at radius 1 is 0.613 bits per heavy atom. The Balaban J connectivity index is 1.63. The Morgan fingerprint density at radius 2 is 1.26 bits per heavy atom. The van der Waals surface area contributed by atoms with Crippen LogP contribution in [-0.2, 0) is 0 Å². The van der Waals surface area contributed by atoms with E-state index in [9.17, 15) is 0 Å². The van der Waals surface area contributed by atoms with Crippen LogP contribution in [0.25, 0.3) is 33.8 Å². The lowest BCUT2D eigenvalue weighted by molar-refractivity contribution is -0.348. The van der Waals surface area contributed by atoms with Crippen LogP contribution in [0.4, 0.5) is 5.69 Å². The molecule has 146 valence electrons. The van der Waals surface area contributed by atoms with Gasteiger partial charge < -0.3 is 4.98 Å². The molecule has 2 heteroatoms. The van der Waals surface area contributed by atoms with Gasteiger partial charge in [0.2, 0.25) is 11.4 Å². The third-order valence-corrected chi connectivity index (χ3v) is 5.91. The molecule has 4 aromatic carbocycles. The molecule has 0 amide bonds. The molecule has 1 aromatic heterocycles. The van der Waals surface area contributed by atoms with Crippen molar-refractivity contribution >= 4 is 34.0 Å². The van der Waals surface area contributed by atoms with Crippen LogP contribution >= 0.6 is 0 Å². The van der Waals surface area contributed by atoms with E-state index in [2.05, 4.69) is 125 Å². The van der Waals surface area contributed by atoms with Gasteiger partial charge in [-0.1, -0.05) is 78.9 Å². The normalized spacial score (nSPS) is 14.1. The van der Waals surface area contributed by atoms with Crippen molar-refractivity contribution in [2.45, 2.75) is 0 Å². The summed E-state index contributed by atoms with van der Waals surface area (Å²) >= 11 is 0. The minimum atomic E-state index is 1.14. The third kappa shape index (κ3) is 3.01. The molecule has 1 aliphatic rings. The van der Waals surface area contributed by atoms with Gasteiger partial charge in [0, 0.05) is 28.1 Å². The largest absolute Gasteiger partial charge is 0.354 e. The number of rotatable bonds is 3. The predicted molar refractivity (Wildman–Crippen MR) is 129 cm³/mol. The number of hydrogen-bond acceptors (Lipinski definition) is 0. The number of fused-ring (bicyclic) bond motifs is 2. The highest BCUT2D eigenvalue weighted by Gasteiger charge is 2.29. The van der Waals surface area contributed by atoms with Crippen LogP contribution in [0.3, 0.4) is 0 Å². The first kappa shape index (κ1) is 17.7. The molecule has 0 spiro atoms. The zero-order chi connectivity index (χ0) is 20.6. The van der Waals surface area contributed by atoms with Gasteiger partial charge in [-0.3, -0.25) is 0 Å². The van der Waals surface area contributed by atoms with Crippen molar-refractivity contribution in [3.8, 4) is 11.3 Å². The van der Waals surface area contributed by atoms with E-state index in [-0.39, 0.29) is 0 Å². The van der Waals surface area contributed by atoms with Crippen molar-refractivity contribution in [1.29, 1.82) is 0 Å². The van der Waals surface area contributed by atoms with E-state index in [4.69, 9.17) is 0 Å². The van der Waals surface area contributed by atoms with E-state index in [1.165, 1.54) is 33.2 Å². The van der Waals surface area contributed by atoms with E-state index in [1.807, 2.05) is 0 Å². The number of aromatic amines is 1. The van der Waals surface area contributed by atoms with E-state index in [1.54, 1.807) is 0 Å². The quantitative estimate of drug-likeness (QED) is 0.397. The third-order valence-electron chi connectivity index (χ3n) is 5.91. The van der Waals surface area contributed by atoms with Crippen LogP contribution in [0.15, 0.2) is 109 Å². The number of para-hydroxylation sites is 2. The second-order valence-electron chi connectivity index (χ2n) is 7.79.